The average molecular weight is 172 g/mol. The van der Waals surface area contributed by atoms with E-state index < -0.39 is 0 Å². The van der Waals surface area contributed by atoms with Gasteiger partial charge in [0.1, 0.15) is 6.29 Å². The van der Waals surface area contributed by atoms with Crippen LogP contribution in [-0.2, 0) is 4.79 Å². The molecule has 0 amide bonds. The van der Waals surface area contributed by atoms with Gasteiger partial charge in [0.2, 0.25) is 0 Å². The lowest BCUT2D eigenvalue weighted by atomic mass is 10.3. The van der Waals surface area contributed by atoms with Crippen LogP contribution in [0.4, 0.5) is 0 Å². The first-order valence-corrected chi connectivity index (χ1v) is 3.90. The summed E-state index contributed by atoms with van der Waals surface area (Å²) in [6, 6.07) is 0. The van der Waals surface area contributed by atoms with Crippen molar-refractivity contribution in [2.24, 2.45) is 0 Å². The molecule has 0 atom stereocenters. The van der Waals surface area contributed by atoms with Crippen LogP contribution in [0.15, 0.2) is 48.1 Å². The summed E-state index contributed by atoms with van der Waals surface area (Å²) < 4.78 is 0. The van der Waals surface area contributed by atoms with Crippen LogP contribution in [0.1, 0.15) is 6.92 Å². The summed E-state index contributed by atoms with van der Waals surface area (Å²) >= 11 is 0. The Kier molecular flexibility index (Phi) is 7.13. The summed E-state index contributed by atoms with van der Waals surface area (Å²) in [6.07, 6.45) is 18.1. The summed E-state index contributed by atoms with van der Waals surface area (Å²) in [5, 5.41) is 0. The van der Waals surface area contributed by atoms with Gasteiger partial charge in [0.25, 0.3) is 0 Å². The van der Waals surface area contributed by atoms with Gasteiger partial charge < -0.3 is 0 Å². The zero-order chi connectivity index (χ0) is 9.94. The van der Waals surface area contributed by atoms with E-state index in [9.17, 15) is 4.79 Å². The van der Waals surface area contributed by atoms with E-state index in [2.05, 4.69) is 5.92 Å². The zero-order valence-electron chi connectivity index (χ0n) is 7.60. The van der Waals surface area contributed by atoms with E-state index in [0.29, 0.717) is 0 Å². The van der Waals surface area contributed by atoms with Crippen LogP contribution in [0.5, 0.6) is 0 Å². The molecule has 0 fully saturated rings. The summed E-state index contributed by atoms with van der Waals surface area (Å²) in [4.78, 5) is 9.85. The van der Waals surface area contributed by atoms with E-state index in [0.717, 1.165) is 11.9 Å². The quantitative estimate of drug-likeness (QED) is 0.275. The molecule has 1 nitrogen and oxygen atoms in total. The molecule has 13 heavy (non-hydrogen) atoms. The highest BCUT2D eigenvalue weighted by Gasteiger charge is 1.72. The maximum Gasteiger partial charge on any atom is 0.142 e. The highest BCUT2D eigenvalue weighted by atomic mass is 16.1. The Morgan fingerprint density at radius 3 is 2.15 bits per heavy atom. The molecule has 0 aromatic carbocycles. The van der Waals surface area contributed by atoms with Gasteiger partial charge in [-0.2, -0.15) is 0 Å². The number of rotatable bonds is 4. The van der Waals surface area contributed by atoms with Crippen molar-refractivity contribution in [3.8, 4) is 12.3 Å². The lowest BCUT2D eigenvalue weighted by Gasteiger charge is -1.79. The highest BCUT2D eigenvalue weighted by Crippen LogP contribution is 1.89. The van der Waals surface area contributed by atoms with Crippen molar-refractivity contribution in [2.45, 2.75) is 6.92 Å². The van der Waals surface area contributed by atoms with Crippen LogP contribution in [0.3, 0.4) is 0 Å². The number of terminal acetylenes is 1. The molecular weight excluding hydrogens is 160 g/mol. The van der Waals surface area contributed by atoms with Crippen LogP contribution in [0.2, 0.25) is 0 Å². The molecule has 0 saturated heterocycles. The minimum Gasteiger partial charge on any atom is -0.299 e. The van der Waals surface area contributed by atoms with E-state index in [-0.39, 0.29) is 0 Å². The van der Waals surface area contributed by atoms with E-state index in [1.165, 1.54) is 6.08 Å². The molecule has 0 rings (SSSR count). The molecule has 66 valence electrons. The Morgan fingerprint density at radius 2 is 1.62 bits per heavy atom. The van der Waals surface area contributed by atoms with Gasteiger partial charge in [-0.3, -0.25) is 4.79 Å². The molecule has 0 aliphatic rings. The fraction of sp³-hybridized carbons (Fsp3) is 0.0833. The summed E-state index contributed by atoms with van der Waals surface area (Å²) in [5.41, 5.74) is 0.882. The number of allylic oxidation sites excluding steroid dienone is 8. The third-order valence-electron chi connectivity index (χ3n) is 1.21. The van der Waals surface area contributed by atoms with Gasteiger partial charge in [0, 0.05) is 0 Å². The molecule has 0 aliphatic carbocycles. The normalized spacial score (nSPS) is 12.8. The lowest BCUT2D eigenvalue weighted by molar-refractivity contribution is -0.104. The molecule has 0 radical (unpaired) electrons. The van der Waals surface area contributed by atoms with Gasteiger partial charge in [-0.25, -0.2) is 0 Å². The molecule has 0 aliphatic heterocycles. The van der Waals surface area contributed by atoms with Gasteiger partial charge in [0.05, 0.1) is 0 Å². The Hall–Kier alpha value is -1.81. The number of carbonyl (C=O) groups excluding carboxylic acids is 1. The minimum atomic E-state index is 0.733. The highest BCUT2D eigenvalue weighted by molar-refractivity contribution is 5.65. The van der Waals surface area contributed by atoms with Crippen molar-refractivity contribution in [1.29, 1.82) is 0 Å². The topological polar surface area (TPSA) is 17.1 Å². The van der Waals surface area contributed by atoms with Crippen molar-refractivity contribution in [3.05, 3.63) is 48.1 Å². The van der Waals surface area contributed by atoms with Gasteiger partial charge in [0.15, 0.2) is 0 Å². The smallest absolute Gasteiger partial charge is 0.142 e. The first kappa shape index (κ1) is 11.2. The molecule has 0 N–H and O–H groups in total. The maximum absolute atomic E-state index is 9.85. The van der Waals surface area contributed by atoms with Crippen LogP contribution in [0, 0.1) is 12.3 Å². The standard InChI is InChI=1S/C12H12O/c1-3-12(2)10-8-6-4-5-7-9-11-13/h1,4-11H,2H3/b5-4+,8-6+,9-7+,12-10-. The second-order valence-electron chi connectivity index (χ2n) is 2.28. The number of aldehydes is 1. The molecule has 0 heterocycles. The van der Waals surface area contributed by atoms with Crippen LogP contribution >= 0.6 is 0 Å². The van der Waals surface area contributed by atoms with Crippen molar-refractivity contribution in [2.75, 3.05) is 0 Å². The molecule has 0 saturated carbocycles. The Bertz CT molecular complexity index is 296. The summed E-state index contributed by atoms with van der Waals surface area (Å²) in [6.45, 7) is 1.86. The van der Waals surface area contributed by atoms with Crippen LogP contribution in [0.25, 0.3) is 0 Å². The van der Waals surface area contributed by atoms with Gasteiger partial charge in [-0.05, 0) is 18.6 Å². The molecule has 0 aromatic heterocycles. The molecular formula is C12H12O. The summed E-state index contributed by atoms with van der Waals surface area (Å²) in [5.74, 6) is 2.50. The number of hydrogen-bond acceptors (Lipinski definition) is 1. The summed E-state index contributed by atoms with van der Waals surface area (Å²) in [7, 11) is 0. The fourth-order valence-corrected chi connectivity index (χ4v) is 0.550. The first-order valence-electron chi connectivity index (χ1n) is 3.90. The van der Waals surface area contributed by atoms with Crippen molar-refractivity contribution >= 4 is 6.29 Å². The fourth-order valence-electron chi connectivity index (χ4n) is 0.550. The Morgan fingerprint density at radius 1 is 1.08 bits per heavy atom. The van der Waals surface area contributed by atoms with E-state index in [4.69, 9.17) is 6.42 Å². The largest absolute Gasteiger partial charge is 0.299 e. The van der Waals surface area contributed by atoms with Gasteiger partial charge in [-0.1, -0.05) is 42.4 Å². The molecule has 0 unspecified atom stereocenters. The van der Waals surface area contributed by atoms with E-state index in [1.54, 1.807) is 12.2 Å². The van der Waals surface area contributed by atoms with Crippen molar-refractivity contribution in [1.82, 2.24) is 0 Å². The molecule has 0 bridgehead atoms. The average Bonchev–Trinajstić information content (AvgIpc) is 2.16. The van der Waals surface area contributed by atoms with Crippen LogP contribution in [-0.4, -0.2) is 6.29 Å². The van der Waals surface area contributed by atoms with Crippen molar-refractivity contribution < 1.29 is 4.79 Å². The minimum absolute atomic E-state index is 0.733. The Balaban J connectivity index is 3.90. The third kappa shape index (κ3) is 8.09. The SMILES string of the molecule is C#C\C(C)=C/C=C/C=C/C=C/C=O. The number of hydrogen-bond donors (Lipinski definition) is 0. The second kappa shape index (κ2) is 8.29. The molecule has 0 spiro atoms. The van der Waals surface area contributed by atoms with Gasteiger partial charge >= 0.3 is 0 Å². The van der Waals surface area contributed by atoms with Crippen molar-refractivity contribution in [3.63, 3.8) is 0 Å². The van der Waals surface area contributed by atoms with E-state index >= 15 is 0 Å². The second-order valence-corrected chi connectivity index (χ2v) is 2.28. The predicted octanol–water partition coefficient (Wildman–Crippen LogP) is 2.43. The monoisotopic (exact) mass is 172 g/mol. The number of carbonyl (C=O) groups is 1. The van der Waals surface area contributed by atoms with Crippen LogP contribution < -0.4 is 0 Å². The maximum atomic E-state index is 9.85. The Labute approximate surface area is 79.2 Å². The molecule has 0 aromatic rings. The zero-order valence-corrected chi connectivity index (χ0v) is 7.60. The first-order chi connectivity index (χ1) is 6.31. The van der Waals surface area contributed by atoms with E-state index in [1.807, 2.05) is 31.2 Å². The van der Waals surface area contributed by atoms with Gasteiger partial charge in [-0.15, -0.1) is 6.42 Å². The third-order valence-corrected chi connectivity index (χ3v) is 1.21. The lowest BCUT2D eigenvalue weighted by Crippen LogP contribution is -1.62. The predicted molar refractivity (Wildman–Crippen MR) is 56.1 cm³/mol. The molecule has 1 heteroatoms.